The Hall–Kier alpha value is -1.90. The van der Waals surface area contributed by atoms with Gasteiger partial charge in [0, 0.05) is 5.57 Å². The highest BCUT2D eigenvalue weighted by Gasteiger charge is 2.16. The van der Waals surface area contributed by atoms with Gasteiger partial charge in [-0.1, -0.05) is 30.3 Å². The summed E-state index contributed by atoms with van der Waals surface area (Å²) < 4.78 is 0. The number of hydrogen-bond acceptors (Lipinski definition) is 2. The molecular weight excluding hydrogens is 192 g/mol. The number of rotatable bonds is 3. The molecule has 0 bridgehead atoms. The van der Waals surface area contributed by atoms with Gasteiger partial charge in [0.05, 0.1) is 0 Å². The molecule has 0 saturated heterocycles. The third-order valence-electron chi connectivity index (χ3n) is 2.30. The van der Waals surface area contributed by atoms with Crippen molar-refractivity contribution in [2.45, 2.75) is 13.8 Å². The van der Waals surface area contributed by atoms with E-state index in [1.807, 2.05) is 30.3 Å². The van der Waals surface area contributed by atoms with Gasteiger partial charge in [-0.15, -0.1) is 0 Å². The van der Waals surface area contributed by atoms with E-state index in [4.69, 9.17) is 5.11 Å². The average Bonchev–Trinajstić information content (AvgIpc) is 2.27. The number of allylic oxidation sites excluding steroid dienone is 1. The zero-order valence-electron chi connectivity index (χ0n) is 8.65. The fourth-order valence-corrected chi connectivity index (χ4v) is 1.24. The SMILES string of the molecule is C/C(C(=O)C(=O)O)=C(/C)c1ccccc1. The van der Waals surface area contributed by atoms with Crippen molar-refractivity contribution >= 4 is 17.3 Å². The van der Waals surface area contributed by atoms with Crippen LogP contribution in [0.1, 0.15) is 19.4 Å². The van der Waals surface area contributed by atoms with Gasteiger partial charge in [-0.05, 0) is 25.0 Å². The standard InChI is InChI=1S/C12H12O3/c1-8(9(2)11(13)12(14)15)10-6-4-3-5-7-10/h3-7H,1-2H3,(H,14,15)/b9-8+. The minimum absolute atomic E-state index is 0.272. The molecule has 15 heavy (non-hydrogen) atoms. The van der Waals surface area contributed by atoms with Gasteiger partial charge < -0.3 is 5.11 Å². The molecule has 1 aromatic rings. The summed E-state index contributed by atoms with van der Waals surface area (Å²) in [6.07, 6.45) is 0. The molecule has 78 valence electrons. The second kappa shape index (κ2) is 4.55. The van der Waals surface area contributed by atoms with Crippen LogP contribution in [-0.4, -0.2) is 16.9 Å². The Morgan fingerprint density at radius 1 is 1.07 bits per heavy atom. The van der Waals surface area contributed by atoms with Gasteiger partial charge in [0.1, 0.15) is 0 Å². The van der Waals surface area contributed by atoms with E-state index in [0.29, 0.717) is 5.57 Å². The van der Waals surface area contributed by atoms with Crippen molar-refractivity contribution in [2.24, 2.45) is 0 Å². The van der Waals surface area contributed by atoms with Gasteiger partial charge in [-0.25, -0.2) is 4.79 Å². The molecule has 3 heteroatoms. The van der Waals surface area contributed by atoms with Crippen LogP contribution in [0, 0.1) is 0 Å². The van der Waals surface area contributed by atoms with Crippen molar-refractivity contribution in [3.05, 3.63) is 41.5 Å². The van der Waals surface area contributed by atoms with Gasteiger partial charge in [0.2, 0.25) is 0 Å². The zero-order chi connectivity index (χ0) is 11.4. The second-order valence-electron chi connectivity index (χ2n) is 3.25. The minimum atomic E-state index is -1.41. The Kier molecular flexibility index (Phi) is 3.39. The second-order valence-corrected chi connectivity index (χ2v) is 3.25. The lowest BCUT2D eigenvalue weighted by Crippen LogP contribution is -2.14. The lowest BCUT2D eigenvalue weighted by atomic mass is 10.00. The number of Topliss-reactive ketones (excluding diaryl/α,β-unsaturated/α-hetero) is 1. The number of aliphatic carboxylic acids is 1. The van der Waals surface area contributed by atoms with Crippen molar-refractivity contribution in [1.29, 1.82) is 0 Å². The first-order chi connectivity index (χ1) is 7.04. The molecule has 0 unspecified atom stereocenters. The maximum Gasteiger partial charge on any atom is 0.376 e. The molecule has 0 aliphatic rings. The van der Waals surface area contributed by atoms with Crippen LogP contribution in [0.4, 0.5) is 0 Å². The zero-order valence-corrected chi connectivity index (χ0v) is 8.65. The number of carbonyl (C=O) groups excluding carboxylic acids is 1. The Labute approximate surface area is 88.0 Å². The molecule has 0 aliphatic carbocycles. The predicted octanol–water partition coefficient (Wildman–Crippen LogP) is 2.13. The molecule has 0 atom stereocenters. The van der Waals surface area contributed by atoms with Crippen molar-refractivity contribution in [2.75, 3.05) is 0 Å². The highest BCUT2D eigenvalue weighted by Crippen LogP contribution is 2.18. The number of ketones is 1. The van der Waals surface area contributed by atoms with E-state index in [9.17, 15) is 9.59 Å². The molecule has 0 radical (unpaired) electrons. The van der Waals surface area contributed by atoms with Gasteiger partial charge in [-0.3, -0.25) is 4.79 Å². The topological polar surface area (TPSA) is 54.4 Å². The monoisotopic (exact) mass is 204 g/mol. The van der Waals surface area contributed by atoms with Crippen LogP contribution in [0.2, 0.25) is 0 Å². The molecule has 3 nitrogen and oxygen atoms in total. The van der Waals surface area contributed by atoms with Crippen LogP contribution in [0.25, 0.3) is 5.57 Å². The molecule has 0 aliphatic heterocycles. The maximum absolute atomic E-state index is 11.2. The van der Waals surface area contributed by atoms with Crippen LogP contribution in [0.5, 0.6) is 0 Å². The molecule has 1 rings (SSSR count). The molecule has 1 aromatic carbocycles. The van der Waals surface area contributed by atoms with E-state index < -0.39 is 11.8 Å². The average molecular weight is 204 g/mol. The van der Waals surface area contributed by atoms with Crippen molar-refractivity contribution in [1.82, 2.24) is 0 Å². The van der Waals surface area contributed by atoms with Crippen LogP contribution in [0.3, 0.4) is 0 Å². The van der Waals surface area contributed by atoms with E-state index in [2.05, 4.69) is 0 Å². The molecule has 0 saturated carbocycles. The molecule has 0 amide bonds. The summed E-state index contributed by atoms with van der Waals surface area (Å²) in [5, 5.41) is 8.56. The quantitative estimate of drug-likeness (QED) is 0.606. The summed E-state index contributed by atoms with van der Waals surface area (Å²) in [5.41, 5.74) is 1.83. The highest BCUT2D eigenvalue weighted by atomic mass is 16.4. The largest absolute Gasteiger partial charge is 0.475 e. The highest BCUT2D eigenvalue weighted by molar-refractivity contribution is 6.40. The Bertz CT molecular complexity index is 416. The van der Waals surface area contributed by atoms with E-state index in [-0.39, 0.29) is 5.57 Å². The Morgan fingerprint density at radius 2 is 1.60 bits per heavy atom. The lowest BCUT2D eigenvalue weighted by molar-refractivity contribution is -0.147. The molecular formula is C12H12O3. The first-order valence-corrected chi connectivity index (χ1v) is 4.54. The lowest BCUT2D eigenvalue weighted by Gasteiger charge is -2.04. The van der Waals surface area contributed by atoms with E-state index in [0.717, 1.165) is 5.56 Å². The minimum Gasteiger partial charge on any atom is -0.475 e. The fourth-order valence-electron chi connectivity index (χ4n) is 1.24. The van der Waals surface area contributed by atoms with Crippen molar-refractivity contribution < 1.29 is 14.7 Å². The molecule has 0 spiro atoms. The smallest absolute Gasteiger partial charge is 0.376 e. The van der Waals surface area contributed by atoms with Crippen LogP contribution in [-0.2, 0) is 9.59 Å². The summed E-state index contributed by atoms with van der Waals surface area (Å²) in [5.74, 6) is -2.26. The Morgan fingerprint density at radius 3 is 2.07 bits per heavy atom. The van der Waals surface area contributed by atoms with Crippen LogP contribution in [0.15, 0.2) is 35.9 Å². The molecule has 0 fully saturated rings. The molecule has 1 N–H and O–H groups in total. The number of carboxylic acids is 1. The molecule has 0 aromatic heterocycles. The van der Waals surface area contributed by atoms with Gasteiger partial charge in [0.25, 0.3) is 5.78 Å². The summed E-state index contributed by atoms with van der Waals surface area (Å²) in [4.78, 5) is 21.7. The van der Waals surface area contributed by atoms with Crippen LogP contribution >= 0.6 is 0 Å². The number of benzene rings is 1. The summed E-state index contributed by atoms with van der Waals surface area (Å²) in [6.45, 7) is 3.27. The summed E-state index contributed by atoms with van der Waals surface area (Å²) >= 11 is 0. The fraction of sp³-hybridized carbons (Fsp3) is 0.167. The van der Waals surface area contributed by atoms with Crippen molar-refractivity contribution in [3.63, 3.8) is 0 Å². The van der Waals surface area contributed by atoms with Crippen LogP contribution < -0.4 is 0 Å². The van der Waals surface area contributed by atoms with Gasteiger partial charge in [-0.2, -0.15) is 0 Å². The molecule has 0 heterocycles. The van der Waals surface area contributed by atoms with E-state index in [1.165, 1.54) is 6.92 Å². The number of carboxylic acid groups (broad SMARTS) is 1. The Balaban J connectivity index is 3.11. The van der Waals surface area contributed by atoms with Crippen molar-refractivity contribution in [3.8, 4) is 0 Å². The third-order valence-corrected chi connectivity index (χ3v) is 2.30. The first kappa shape index (κ1) is 11.2. The van der Waals surface area contributed by atoms with Gasteiger partial charge >= 0.3 is 5.97 Å². The van der Waals surface area contributed by atoms with Gasteiger partial charge in [0.15, 0.2) is 0 Å². The number of hydrogen-bond donors (Lipinski definition) is 1. The summed E-state index contributed by atoms with van der Waals surface area (Å²) in [7, 11) is 0. The normalized spacial score (nSPS) is 11.9. The predicted molar refractivity (Wildman–Crippen MR) is 57.4 cm³/mol. The number of carbonyl (C=O) groups is 2. The third kappa shape index (κ3) is 2.53. The first-order valence-electron chi connectivity index (χ1n) is 4.54. The van der Waals surface area contributed by atoms with E-state index in [1.54, 1.807) is 6.92 Å². The van der Waals surface area contributed by atoms with E-state index >= 15 is 0 Å². The maximum atomic E-state index is 11.2. The summed E-state index contributed by atoms with van der Waals surface area (Å²) in [6, 6.07) is 9.24.